The molecule has 0 fully saturated rings. The van der Waals surface area contributed by atoms with Crippen molar-refractivity contribution in [1.82, 2.24) is 15.3 Å². The topological polar surface area (TPSA) is 95.1 Å². The Balaban J connectivity index is 2.27. The standard InChI is InChI=1S/C17H17N3O3/c1-9-4-3-5-11-6-12-15(20-14(9)11)13(7-18-16(12)22)17(23)19-10(2)8-21/h3-7,10,21H,8H2,1-2H3,(H,18,22)(H,19,23). The molecule has 1 unspecified atom stereocenters. The number of rotatable bonds is 3. The Kier molecular flexibility index (Phi) is 3.83. The van der Waals surface area contributed by atoms with Crippen LogP contribution in [-0.2, 0) is 0 Å². The molecule has 0 bridgehead atoms. The van der Waals surface area contributed by atoms with Gasteiger partial charge < -0.3 is 15.4 Å². The van der Waals surface area contributed by atoms with Crippen LogP contribution in [0, 0.1) is 6.92 Å². The van der Waals surface area contributed by atoms with Crippen molar-refractivity contribution < 1.29 is 9.90 Å². The maximum Gasteiger partial charge on any atom is 0.257 e. The number of nitrogens with zero attached hydrogens (tertiary/aromatic N) is 1. The third-order valence-corrected chi connectivity index (χ3v) is 3.79. The van der Waals surface area contributed by atoms with Crippen LogP contribution in [0.25, 0.3) is 21.8 Å². The smallest absolute Gasteiger partial charge is 0.257 e. The monoisotopic (exact) mass is 311 g/mol. The lowest BCUT2D eigenvalue weighted by molar-refractivity contribution is 0.0923. The van der Waals surface area contributed by atoms with Crippen LogP contribution in [0.5, 0.6) is 0 Å². The van der Waals surface area contributed by atoms with Crippen LogP contribution in [-0.4, -0.2) is 33.6 Å². The van der Waals surface area contributed by atoms with Crippen molar-refractivity contribution in [3.8, 4) is 0 Å². The van der Waals surface area contributed by atoms with Crippen LogP contribution in [0.3, 0.4) is 0 Å². The molecule has 1 atom stereocenters. The van der Waals surface area contributed by atoms with Crippen LogP contribution in [0.15, 0.2) is 35.3 Å². The minimum absolute atomic E-state index is 0.164. The summed E-state index contributed by atoms with van der Waals surface area (Å²) in [6.07, 6.45) is 1.36. The predicted octanol–water partition coefficient (Wildman–Crippen LogP) is 1.50. The van der Waals surface area contributed by atoms with Gasteiger partial charge in [-0.3, -0.25) is 9.59 Å². The van der Waals surface area contributed by atoms with Gasteiger partial charge in [-0.15, -0.1) is 0 Å². The Bertz CT molecular complexity index is 962. The number of benzene rings is 1. The number of aromatic nitrogens is 2. The fraction of sp³-hybridized carbons (Fsp3) is 0.235. The number of pyridine rings is 2. The molecule has 0 aliphatic carbocycles. The number of aryl methyl sites for hydroxylation is 1. The number of aromatic amines is 1. The van der Waals surface area contributed by atoms with E-state index in [0.29, 0.717) is 10.9 Å². The second-order valence-electron chi connectivity index (χ2n) is 5.62. The molecule has 3 N–H and O–H groups in total. The highest BCUT2D eigenvalue weighted by Gasteiger charge is 2.16. The van der Waals surface area contributed by atoms with Crippen molar-refractivity contribution in [3.05, 3.63) is 51.9 Å². The first-order chi connectivity index (χ1) is 11.0. The molecule has 1 amide bonds. The largest absolute Gasteiger partial charge is 0.394 e. The van der Waals surface area contributed by atoms with Crippen molar-refractivity contribution in [2.45, 2.75) is 19.9 Å². The van der Waals surface area contributed by atoms with E-state index in [1.807, 2.05) is 25.1 Å². The third-order valence-electron chi connectivity index (χ3n) is 3.79. The first kappa shape index (κ1) is 15.2. The lowest BCUT2D eigenvalue weighted by Crippen LogP contribution is -2.35. The van der Waals surface area contributed by atoms with Gasteiger partial charge in [0, 0.05) is 17.6 Å². The molecule has 0 saturated carbocycles. The number of hydrogen-bond donors (Lipinski definition) is 3. The SMILES string of the molecule is Cc1cccc2cc3c(=O)[nH]cc(C(=O)NC(C)CO)c3nc12. The third kappa shape index (κ3) is 2.68. The summed E-state index contributed by atoms with van der Waals surface area (Å²) in [6, 6.07) is 7.08. The van der Waals surface area contributed by atoms with E-state index in [4.69, 9.17) is 5.11 Å². The van der Waals surface area contributed by atoms with Crippen molar-refractivity contribution in [3.63, 3.8) is 0 Å². The summed E-state index contributed by atoms with van der Waals surface area (Å²) in [5.41, 5.74) is 2.08. The highest BCUT2D eigenvalue weighted by atomic mass is 16.3. The van der Waals surface area contributed by atoms with E-state index in [1.54, 1.807) is 13.0 Å². The first-order valence-corrected chi connectivity index (χ1v) is 7.34. The van der Waals surface area contributed by atoms with Gasteiger partial charge in [-0.2, -0.15) is 0 Å². The average Bonchev–Trinajstić information content (AvgIpc) is 2.54. The molecule has 0 radical (unpaired) electrons. The molecular formula is C17H17N3O3. The molecule has 0 aliphatic rings. The number of carbonyl (C=O) groups is 1. The van der Waals surface area contributed by atoms with Gasteiger partial charge in [0.1, 0.15) is 0 Å². The van der Waals surface area contributed by atoms with Crippen LogP contribution in [0.1, 0.15) is 22.8 Å². The quantitative estimate of drug-likeness (QED) is 0.639. The number of para-hydroxylation sites is 1. The molecule has 1 aromatic carbocycles. The van der Waals surface area contributed by atoms with Gasteiger partial charge in [-0.25, -0.2) is 4.98 Å². The summed E-state index contributed by atoms with van der Waals surface area (Å²) < 4.78 is 0. The summed E-state index contributed by atoms with van der Waals surface area (Å²) in [4.78, 5) is 31.6. The molecule has 2 aromatic heterocycles. The average molecular weight is 311 g/mol. The number of H-pyrrole nitrogens is 1. The van der Waals surface area contributed by atoms with Crippen molar-refractivity contribution in [2.24, 2.45) is 0 Å². The zero-order valence-corrected chi connectivity index (χ0v) is 12.9. The van der Waals surface area contributed by atoms with E-state index in [9.17, 15) is 9.59 Å². The second kappa shape index (κ2) is 5.81. The first-order valence-electron chi connectivity index (χ1n) is 7.34. The molecule has 0 aliphatic heterocycles. The normalized spacial score (nSPS) is 12.5. The van der Waals surface area contributed by atoms with Gasteiger partial charge in [-0.05, 0) is 25.5 Å². The zero-order valence-electron chi connectivity index (χ0n) is 12.9. The minimum Gasteiger partial charge on any atom is -0.394 e. The molecule has 0 spiro atoms. The number of hydrogen-bond acceptors (Lipinski definition) is 4. The van der Waals surface area contributed by atoms with E-state index in [0.717, 1.165) is 16.5 Å². The molecule has 0 saturated heterocycles. The lowest BCUT2D eigenvalue weighted by Gasteiger charge is -2.12. The summed E-state index contributed by atoms with van der Waals surface area (Å²) in [7, 11) is 0. The summed E-state index contributed by atoms with van der Waals surface area (Å²) in [5.74, 6) is -0.381. The molecule has 118 valence electrons. The highest BCUT2D eigenvalue weighted by molar-refractivity contribution is 6.07. The van der Waals surface area contributed by atoms with Crippen LogP contribution in [0.2, 0.25) is 0 Å². The summed E-state index contributed by atoms with van der Waals surface area (Å²) >= 11 is 0. The van der Waals surface area contributed by atoms with E-state index < -0.39 is 0 Å². The fourth-order valence-corrected chi connectivity index (χ4v) is 2.53. The van der Waals surface area contributed by atoms with Gasteiger partial charge in [-0.1, -0.05) is 18.2 Å². The lowest BCUT2D eigenvalue weighted by atomic mass is 10.1. The van der Waals surface area contributed by atoms with Gasteiger partial charge in [0.05, 0.1) is 28.6 Å². The molecule has 3 aromatic rings. The maximum absolute atomic E-state index is 12.4. The number of nitrogens with one attached hydrogen (secondary N) is 2. The Hall–Kier alpha value is -2.73. The minimum atomic E-state index is -0.383. The Labute approximate surface area is 132 Å². The Morgan fingerprint density at radius 1 is 1.39 bits per heavy atom. The maximum atomic E-state index is 12.4. The number of aliphatic hydroxyl groups is 1. The fourth-order valence-electron chi connectivity index (χ4n) is 2.53. The van der Waals surface area contributed by atoms with Gasteiger partial charge in [0.2, 0.25) is 0 Å². The van der Waals surface area contributed by atoms with Gasteiger partial charge >= 0.3 is 0 Å². The number of carbonyl (C=O) groups excluding carboxylic acids is 1. The molecule has 6 nitrogen and oxygen atoms in total. The molecular weight excluding hydrogens is 294 g/mol. The molecule has 3 rings (SSSR count). The van der Waals surface area contributed by atoms with Crippen LogP contribution < -0.4 is 10.9 Å². The van der Waals surface area contributed by atoms with Crippen molar-refractivity contribution >= 4 is 27.7 Å². The van der Waals surface area contributed by atoms with Crippen LogP contribution >= 0.6 is 0 Å². The van der Waals surface area contributed by atoms with E-state index in [1.165, 1.54) is 6.20 Å². The zero-order chi connectivity index (χ0) is 16.6. The van der Waals surface area contributed by atoms with E-state index in [-0.39, 0.29) is 29.7 Å². The molecule has 2 heterocycles. The van der Waals surface area contributed by atoms with Crippen LogP contribution in [0.4, 0.5) is 0 Å². The molecule has 6 heteroatoms. The highest BCUT2D eigenvalue weighted by Crippen LogP contribution is 2.22. The van der Waals surface area contributed by atoms with Crippen molar-refractivity contribution in [1.29, 1.82) is 0 Å². The number of fused-ring (bicyclic) bond motifs is 2. The summed E-state index contributed by atoms with van der Waals surface area (Å²) in [5, 5.41) is 13.0. The van der Waals surface area contributed by atoms with Crippen molar-refractivity contribution in [2.75, 3.05) is 6.61 Å². The van der Waals surface area contributed by atoms with Gasteiger partial charge in [0.25, 0.3) is 11.5 Å². The number of aliphatic hydroxyl groups excluding tert-OH is 1. The van der Waals surface area contributed by atoms with Gasteiger partial charge in [0.15, 0.2) is 0 Å². The summed E-state index contributed by atoms with van der Waals surface area (Å²) in [6.45, 7) is 3.46. The predicted molar refractivity (Wildman–Crippen MR) is 88.6 cm³/mol. The Morgan fingerprint density at radius 2 is 2.17 bits per heavy atom. The number of amides is 1. The van der Waals surface area contributed by atoms with E-state index >= 15 is 0 Å². The van der Waals surface area contributed by atoms with E-state index in [2.05, 4.69) is 15.3 Å². The molecule has 23 heavy (non-hydrogen) atoms. The Morgan fingerprint density at radius 3 is 2.91 bits per heavy atom. The second-order valence-corrected chi connectivity index (χ2v) is 5.62.